The van der Waals surface area contributed by atoms with E-state index in [0.29, 0.717) is 18.3 Å². The smallest absolute Gasteiger partial charge is 0.133 e. The second kappa shape index (κ2) is 6.93. The van der Waals surface area contributed by atoms with Crippen LogP contribution < -0.4 is 5.32 Å². The van der Waals surface area contributed by atoms with Crippen LogP contribution in [0.2, 0.25) is 0 Å². The molecule has 3 nitrogen and oxygen atoms in total. The molecule has 0 radical (unpaired) electrons. The normalized spacial score (nSPS) is 15.1. The summed E-state index contributed by atoms with van der Waals surface area (Å²) < 4.78 is 5.13. The first kappa shape index (κ1) is 12.6. The molecular formula is C11H19NO2S. The lowest BCUT2D eigenvalue weighted by atomic mass is 10.2. The molecule has 1 heterocycles. The summed E-state index contributed by atoms with van der Waals surface area (Å²) in [4.78, 5) is 0. The van der Waals surface area contributed by atoms with Gasteiger partial charge in [0.25, 0.3) is 0 Å². The fourth-order valence-corrected chi connectivity index (χ4v) is 2.14. The van der Waals surface area contributed by atoms with Crippen LogP contribution in [0.25, 0.3) is 0 Å². The highest BCUT2D eigenvalue weighted by molar-refractivity contribution is 7.98. The summed E-state index contributed by atoms with van der Waals surface area (Å²) in [5.74, 6) is 1.70. The van der Waals surface area contributed by atoms with Gasteiger partial charge in [-0.1, -0.05) is 6.92 Å². The highest BCUT2D eigenvalue weighted by atomic mass is 32.2. The number of thioether (sulfide) groups is 1. The van der Waals surface area contributed by atoms with Crippen LogP contribution in [-0.2, 0) is 0 Å². The minimum Gasteiger partial charge on any atom is -0.467 e. The lowest BCUT2D eigenvalue weighted by Crippen LogP contribution is -2.34. The third-order valence-corrected chi connectivity index (χ3v) is 3.07. The predicted octanol–water partition coefficient (Wildman–Crippen LogP) is 2.04. The number of nitrogens with one attached hydrogen (secondary N) is 1. The van der Waals surface area contributed by atoms with Crippen molar-refractivity contribution in [1.82, 2.24) is 5.32 Å². The molecule has 0 aromatic carbocycles. The van der Waals surface area contributed by atoms with Crippen LogP contribution in [0.15, 0.2) is 22.8 Å². The van der Waals surface area contributed by atoms with Crippen molar-refractivity contribution < 1.29 is 9.52 Å². The Morgan fingerprint density at radius 2 is 2.40 bits per heavy atom. The number of aliphatic hydroxyl groups is 1. The van der Waals surface area contributed by atoms with E-state index in [-0.39, 0.29) is 0 Å². The predicted molar refractivity (Wildman–Crippen MR) is 64.1 cm³/mol. The van der Waals surface area contributed by atoms with E-state index >= 15 is 0 Å². The molecule has 15 heavy (non-hydrogen) atoms. The molecular weight excluding hydrogens is 210 g/mol. The van der Waals surface area contributed by atoms with Crippen LogP contribution in [0.4, 0.5) is 0 Å². The summed E-state index contributed by atoms with van der Waals surface area (Å²) >= 11 is 1.82. The Hall–Kier alpha value is -0.450. The number of furan rings is 1. The minimum absolute atomic E-state index is 0.463. The number of hydrogen-bond donors (Lipinski definition) is 2. The van der Waals surface area contributed by atoms with Gasteiger partial charge < -0.3 is 14.8 Å². The second-order valence-electron chi connectivity index (χ2n) is 3.50. The van der Waals surface area contributed by atoms with Gasteiger partial charge in [0, 0.05) is 18.3 Å². The summed E-state index contributed by atoms with van der Waals surface area (Å²) in [5.41, 5.74) is 0. The highest BCUT2D eigenvalue weighted by Gasteiger charge is 2.12. The Morgan fingerprint density at radius 3 is 2.93 bits per heavy atom. The molecule has 0 bridgehead atoms. The average molecular weight is 229 g/mol. The number of aliphatic hydroxyl groups excluding tert-OH is 1. The Balaban J connectivity index is 2.29. The topological polar surface area (TPSA) is 45.4 Å². The van der Waals surface area contributed by atoms with E-state index < -0.39 is 6.10 Å². The Kier molecular flexibility index (Phi) is 5.83. The molecule has 4 heteroatoms. The molecule has 86 valence electrons. The Morgan fingerprint density at radius 1 is 1.60 bits per heavy atom. The van der Waals surface area contributed by atoms with E-state index in [2.05, 4.69) is 18.5 Å². The molecule has 0 aliphatic heterocycles. The molecule has 1 rings (SSSR count). The zero-order chi connectivity index (χ0) is 11.1. The zero-order valence-corrected chi connectivity index (χ0v) is 10.1. The maximum Gasteiger partial charge on any atom is 0.133 e. The summed E-state index contributed by atoms with van der Waals surface area (Å²) in [6, 6.07) is 4.05. The molecule has 0 aliphatic rings. The van der Waals surface area contributed by atoms with Crippen molar-refractivity contribution in [2.75, 3.05) is 18.6 Å². The summed E-state index contributed by atoms with van der Waals surface area (Å²) in [5, 5.41) is 13.1. The highest BCUT2D eigenvalue weighted by Crippen LogP contribution is 2.12. The molecule has 1 aromatic heterocycles. The van der Waals surface area contributed by atoms with Gasteiger partial charge in [-0.15, -0.1) is 0 Å². The zero-order valence-electron chi connectivity index (χ0n) is 9.27. The minimum atomic E-state index is -0.545. The summed E-state index contributed by atoms with van der Waals surface area (Å²) in [6.45, 7) is 2.69. The molecule has 0 fully saturated rings. The second-order valence-corrected chi connectivity index (χ2v) is 4.41. The largest absolute Gasteiger partial charge is 0.467 e. The monoisotopic (exact) mass is 229 g/mol. The maximum atomic E-state index is 9.76. The van der Waals surface area contributed by atoms with Crippen LogP contribution >= 0.6 is 11.8 Å². The van der Waals surface area contributed by atoms with Gasteiger partial charge in [-0.05, 0) is 24.8 Å². The molecule has 0 spiro atoms. The number of hydrogen-bond acceptors (Lipinski definition) is 4. The molecule has 2 unspecified atom stereocenters. The molecule has 0 amide bonds. The van der Waals surface area contributed by atoms with Crippen LogP contribution in [-0.4, -0.2) is 29.7 Å². The maximum absolute atomic E-state index is 9.76. The van der Waals surface area contributed by atoms with Gasteiger partial charge in [0.05, 0.1) is 6.26 Å². The first-order valence-electron chi connectivity index (χ1n) is 5.21. The van der Waals surface area contributed by atoms with Gasteiger partial charge in [0.1, 0.15) is 11.9 Å². The van der Waals surface area contributed by atoms with Crippen molar-refractivity contribution in [3.05, 3.63) is 24.2 Å². The first-order chi connectivity index (χ1) is 7.27. The molecule has 1 aromatic rings. The molecule has 0 saturated heterocycles. The lowest BCUT2D eigenvalue weighted by molar-refractivity contribution is 0.144. The van der Waals surface area contributed by atoms with Crippen molar-refractivity contribution in [1.29, 1.82) is 0 Å². The standard InChI is InChI=1S/C11H19NO2S/c1-3-9(8-15-2)12-7-10(13)11-5-4-6-14-11/h4-6,9-10,12-13H,3,7-8H2,1-2H3. The SMILES string of the molecule is CCC(CSC)NCC(O)c1ccco1. The number of rotatable bonds is 7. The van der Waals surface area contributed by atoms with Crippen molar-refractivity contribution in [2.24, 2.45) is 0 Å². The Bertz CT molecular complexity index is 251. The summed E-state index contributed by atoms with van der Waals surface area (Å²) in [7, 11) is 0. The van der Waals surface area contributed by atoms with Crippen molar-refractivity contribution in [2.45, 2.75) is 25.5 Å². The third kappa shape index (κ3) is 4.28. The molecule has 0 saturated carbocycles. The quantitative estimate of drug-likeness (QED) is 0.751. The summed E-state index contributed by atoms with van der Waals surface area (Å²) in [6.07, 6.45) is 4.20. The van der Waals surface area contributed by atoms with Gasteiger partial charge >= 0.3 is 0 Å². The van der Waals surface area contributed by atoms with Crippen molar-refractivity contribution in [3.8, 4) is 0 Å². The Labute approximate surface area is 95.2 Å². The van der Waals surface area contributed by atoms with E-state index in [1.54, 1.807) is 18.4 Å². The molecule has 2 N–H and O–H groups in total. The molecule has 2 atom stereocenters. The van der Waals surface area contributed by atoms with Gasteiger partial charge in [-0.3, -0.25) is 0 Å². The van der Waals surface area contributed by atoms with Gasteiger partial charge in [0.15, 0.2) is 0 Å². The van der Waals surface area contributed by atoms with Gasteiger partial charge in [-0.25, -0.2) is 0 Å². The average Bonchev–Trinajstić information content (AvgIpc) is 2.77. The first-order valence-corrected chi connectivity index (χ1v) is 6.61. The van der Waals surface area contributed by atoms with Gasteiger partial charge in [0.2, 0.25) is 0 Å². The van der Waals surface area contributed by atoms with E-state index in [4.69, 9.17) is 4.42 Å². The van der Waals surface area contributed by atoms with E-state index in [1.165, 1.54) is 0 Å². The van der Waals surface area contributed by atoms with Crippen LogP contribution in [0.5, 0.6) is 0 Å². The van der Waals surface area contributed by atoms with E-state index in [9.17, 15) is 5.11 Å². The fourth-order valence-electron chi connectivity index (χ4n) is 1.38. The van der Waals surface area contributed by atoms with Crippen LogP contribution in [0, 0.1) is 0 Å². The van der Waals surface area contributed by atoms with E-state index in [1.807, 2.05) is 11.8 Å². The van der Waals surface area contributed by atoms with E-state index in [0.717, 1.165) is 12.2 Å². The third-order valence-electron chi connectivity index (χ3n) is 2.33. The van der Waals surface area contributed by atoms with Crippen LogP contribution in [0.1, 0.15) is 25.2 Å². The van der Waals surface area contributed by atoms with Crippen molar-refractivity contribution in [3.63, 3.8) is 0 Å². The fraction of sp³-hybridized carbons (Fsp3) is 0.636. The van der Waals surface area contributed by atoms with Gasteiger partial charge in [-0.2, -0.15) is 11.8 Å². The lowest BCUT2D eigenvalue weighted by Gasteiger charge is -2.17. The van der Waals surface area contributed by atoms with Crippen LogP contribution in [0.3, 0.4) is 0 Å². The molecule has 0 aliphatic carbocycles. The van der Waals surface area contributed by atoms with Crippen molar-refractivity contribution >= 4 is 11.8 Å².